The second-order valence-electron chi connectivity index (χ2n) is 3.96. The molecule has 0 saturated heterocycles. The van der Waals surface area contributed by atoms with Crippen LogP contribution in [0.25, 0.3) is 0 Å². The molecule has 86 valence electrons. The fourth-order valence-electron chi connectivity index (χ4n) is 1.59. The fourth-order valence-corrected chi connectivity index (χ4v) is 1.59. The fraction of sp³-hybridized carbons (Fsp3) is 0.286. The summed E-state index contributed by atoms with van der Waals surface area (Å²) in [4.78, 5) is 0. The molecule has 0 spiro atoms. The Bertz CT molecular complexity index is 353. The van der Waals surface area contributed by atoms with E-state index in [0.717, 1.165) is 0 Å². The monoisotopic (exact) mass is 218 g/mol. The van der Waals surface area contributed by atoms with E-state index in [1.54, 1.807) is 18.4 Å². The van der Waals surface area contributed by atoms with Crippen LogP contribution < -0.4 is 0 Å². The lowest BCUT2D eigenvalue weighted by Crippen LogP contribution is -1.94. The van der Waals surface area contributed by atoms with Gasteiger partial charge in [-0.25, -0.2) is 0 Å². The van der Waals surface area contributed by atoms with Gasteiger partial charge in [-0.1, -0.05) is 34.9 Å². The number of hydrogen-bond acceptors (Lipinski definition) is 2. The quantitative estimate of drug-likeness (QED) is 0.721. The second-order valence-corrected chi connectivity index (χ2v) is 3.96. The molecule has 1 aromatic carbocycles. The molecule has 0 unspecified atom stereocenters. The van der Waals surface area contributed by atoms with E-state index >= 15 is 0 Å². The second kappa shape index (κ2) is 6.01. The first-order valence-electron chi connectivity index (χ1n) is 5.29. The minimum atomic E-state index is 0.280. The van der Waals surface area contributed by atoms with Crippen molar-refractivity contribution in [2.45, 2.75) is 20.8 Å². The van der Waals surface area contributed by atoms with E-state index in [-0.39, 0.29) is 5.76 Å². The zero-order valence-electron chi connectivity index (χ0n) is 10.0. The van der Waals surface area contributed by atoms with Crippen molar-refractivity contribution in [3.05, 3.63) is 59.1 Å². The molecule has 1 aliphatic rings. The van der Waals surface area contributed by atoms with Gasteiger partial charge >= 0.3 is 0 Å². The number of hydrogen-bond donors (Lipinski definition) is 1. The highest BCUT2D eigenvalue weighted by atomic mass is 16.5. The summed E-state index contributed by atoms with van der Waals surface area (Å²) < 4.78 is 4.68. The van der Waals surface area contributed by atoms with Crippen molar-refractivity contribution in [3.8, 4) is 0 Å². The molecule has 1 N–H and O–H groups in total. The third-order valence-corrected chi connectivity index (χ3v) is 2.06. The summed E-state index contributed by atoms with van der Waals surface area (Å²) >= 11 is 0. The number of aryl methyl sites for hydroxylation is 3. The average Bonchev–Trinajstić information content (AvgIpc) is 2.17. The highest BCUT2D eigenvalue weighted by molar-refractivity contribution is 5.27. The summed E-state index contributed by atoms with van der Waals surface area (Å²) in [6.07, 6.45) is 4.79. The molecule has 1 heterocycles. The average molecular weight is 218 g/mol. The third-order valence-electron chi connectivity index (χ3n) is 2.06. The van der Waals surface area contributed by atoms with Gasteiger partial charge in [0.15, 0.2) is 0 Å². The number of rotatable bonds is 0. The number of aliphatic hydroxyl groups is 1. The van der Waals surface area contributed by atoms with Gasteiger partial charge in [-0.3, -0.25) is 0 Å². The van der Waals surface area contributed by atoms with E-state index in [1.165, 1.54) is 16.7 Å². The highest BCUT2D eigenvalue weighted by Crippen LogP contribution is 2.06. The largest absolute Gasteiger partial charge is 0.509 e. The summed E-state index contributed by atoms with van der Waals surface area (Å²) in [6, 6.07) is 6.56. The van der Waals surface area contributed by atoms with Crippen LogP contribution in [0.15, 0.2) is 42.4 Å². The van der Waals surface area contributed by atoms with E-state index in [0.29, 0.717) is 6.61 Å². The smallest absolute Gasteiger partial charge is 0.144 e. The SMILES string of the molecule is Cc1cc(C)cc(C)c1.OC1=CC=COC1. The van der Waals surface area contributed by atoms with Crippen molar-refractivity contribution >= 4 is 0 Å². The molecule has 0 bridgehead atoms. The Hall–Kier alpha value is -1.70. The Balaban J connectivity index is 0.000000165. The van der Waals surface area contributed by atoms with Crippen LogP contribution in [0.4, 0.5) is 0 Å². The normalized spacial score (nSPS) is 13.3. The molecule has 0 fully saturated rings. The van der Waals surface area contributed by atoms with Crippen molar-refractivity contribution in [1.82, 2.24) is 0 Å². The predicted molar refractivity (Wildman–Crippen MR) is 66.5 cm³/mol. The third kappa shape index (κ3) is 4.69. The molecule has 0 aromatic heterocycles. The van der Waals surface area contributed by atoms with E-state index < -0.39 is 0 Å². The Kier molecular flexibility index (Phi) is 4.65. The molecule has 1 aliphatic heterocycles. The lowest BCUT2D eigenvalue weighted by atomic mass is 10.1. The van der Waals surface area contributed by atoms with E-state index in [1.807, 2.05) is 0 Å². The van der Waals surface area contributed by atoms with Crippen molar-refractivity contribution < 1.29 is 9.84 Å². The van der Waals surface area contributed by atoms with Crippen molar-refractivity contribution in [1.29, 1.82) is 0 Å². The molecule has 2 rings (SSSR count). The van der Waals surface area contributed by atoms with Gasteiger partial charge in [0.05, 0.1) is 6.26 Å². The van der Waals surface area contributed by atoms with Crippen LogP contribution in [0, 0.1) is 20.8 Å². The number of allylic oxidation sites excluding steroid dienone is 2. The van der Waals surface area contributed by atoms with Gasteiger partial charge in [-0.2, -0.15) is 0 Å². The molecule has 1 aromatic rings. The maximum atomic E-state index is 8.59. The highest BCUT2D eigenvalue weighted by Gasteiger charge is 1.91. The van der Waals surface area contributed by atoms with Crippen LogP contribution >= 0.6 is 0 Å². The lowest BCUT2D eigenvalue weighted by Gasteiger charge is -2.01. The molecule has 0 atom stereocenters. The van der Waals surface area contributed by atoms with E-state index in [4.69, 9.17) is 5.11 Å². The van der Waals surface area contributed by atoms with Gasteiger partial charge in [0.2, 0.25) is 0 Å². The minimum absolute atomic E-state index is 0.280. The van der Waals surface area contributed by atoms with Crippen molar-refractivity contribution in [2.75, 3.05) is 6.61 Å². The van der Waals surface area contributed by atoms with Gasteiger partial charge in [-0.05, 0) is 32.9 Å². The molecule has 2 nitrogen and oxygen atoms in total. The van der Waals surface area contributed by atoms with Gasteiger partial charge < -0.3 is 9.84 Å². The number of benzene rings is 1. The lowest BCUT2D eigenvalue weighted by molar-refractivity contribution is 0.217. The Morgan fingerprint density at radius 3 is 1.75 bits per heavy atom. The first-order chi connectivity index (χ1) is 7.58. The minimum Gasteiger partial charge on any atom is -0.509 e. The van der Waals surface area contributed by atoms with Crippen LogP contribution in [0.2, 0.25) is 0 Å². The maximum Gasteiger partial charge on any atom is 0.144 e. The molecule has 0 amide bonds. The molecule has 0 saturated carbocycles. The summed E-state index contributed by atoms with van der Waals surface area (Å²) in [6.45, 7) is 6.69. The number of ether oxygens (including phenoxy) is 1. The molecular weight excluding hydrogens is 200 g/mol. The first-order valence-corrected chi connectivity index (χ1v) is 5.29. The van der Waals surface area contributed by atoms with Crippen LogP contribution in [-0.2, 0) is 4.74 Å². The van der Waals surface area contributed by atoms with E-state index in [2.05, 4.69) is 43.7 Å². The predicted octanol–water partition coefficient (Wildman–Crippen LogP) is 3.58. The molecule has 16 heavy (non-hydrogen) atoms. The zero-order chi connectivity index (χ0) is 12.0. The van der Waals surface area contributed by atoms with Gasteiger partial charge in [0.1, 0.15) is 12.4 Å². The number of aliphatic hydroxyl groups excluding tert-OH is 1. The van der Waals surface area contributed by atoms with Crippen LogP contribution in [0.3, 0.4) is 0 Å². The van der Waals surface area contributed by atoms with Gasteiger partial charge in [-0.15, -0.1) is 0 Å². The molecule has 2 heteroatoms. The molecule has 0 aliphatic carbocycles. The van der Waals surface area contributed by atoms with Crippen LogP contribution in [0.1, 0.15) is 16.7 Å². The summed E-state index contributed by atoms with van der Waals surface area (Å²) in [5.41, 5.74) is 4.06. The Labute approximate surface area is 96.9 Å². The van der Waals surface area contributed by atoms with Gasteiger partial charge in [0, 0.05) is 0 Å². The van der Waals surface area contributed by atoms with Crippen LogP contribution in [-0.4, -0.2) is 11.7 Å². The van der Waals surface area contributed by atoms with Crippen LogP contribution in [0.5, 0.6) is 0 Å². The summed E-state index contributed by atoms with van der Waals surface area (Å²) in [5, 5.41) is 8.59. The van der Waals surface area contributed by atoms with Gasteiger partial charge in [0.25, 0.3) is 0 Å². The first kappa shape index (κ1) is 12.4. The van der Waals surface area contributed by atoms with Crippen molar-refractivity contribution in [2.24, 2.45) is 0 Å². The maximum absolute atomic E-state index is 8.59. The van der Waals surface area contributed by atoms with E-state index in [9.17, 15) is 0 Å². The zero-order valence-corrected chi connectivity index (χ0v) is 10.0. The Morgan fingerprint density at radius 1 is 1.00 bits per heavy atom. The standard InChI is InChI=1S/C9H12.C5H6O2/c1-7-4-8(2)6-9(3)5-7;6-5-2-1-3-7-4-5/h4-6H,1-3H3;1-3,6H,4H2. The molecule has 0 radical (unpaired) electrons. The molecular formula is C14H18O2. The summed E-state index contributed by atoms with van der Waals surface area (Å²) in [7, 11) is 0. The van der Waals surface area contributed by atoms with Crippen molar-refractivity contribution in [3.63, 3.8) is 0 Å². The Morgan fingerprint density at radius 2 is 1.50 bits per heavy atom. The summed E-state index contributed by atoms with van der Waals surface area (Å²) in [5.74, 6) is 0.280. The topological polar surface area (TPSA) is 29.5 Å².